The van der Waals surface area contributed by atoms with E-state index >= 15 is 0 Å². The predicted molar refractivity (Wildman–Crippen MR) is 71.2 cm³/mol. The maximum atomic E-state index is 12.2. The first-order valence-corrected chi connectivity index (χ1v) is 6.46. The summed E-state index contributed by atoms with van der Waals surface area (Å²) in [5.41, 5.74) is 6.98. The highest BCUT2D eigenvalue weighted by atomic mass is 16.3. The number of aliphatic hydroxyl groups is 1. The molecule has 1 heterocycles. The molecular formula is C14H20N2O2. The Labute approximate surface area is 107 Å². The second kappa shape index (κ2) is 5.87. The van der Waals surface area contributed by atoms with Crippen molar-refractivity contribution in [3.05, 3.63) is 29.8 Å². The highest BCUT2D eigenvalue weighted by Crippen LogP contribution is 2.21. The van der Waals surface area contributed by atoms with Gasteiger partial charge in [0.05, 0.1) is 0 Å². The molecule has 2 rings (SSSR count). The van der Waals surface area contributed by atoms with Gasteiger partial charge in [-0.05, 0) is 49.4 Å². The van der Waals surface area contributed by atoms with Crippen LogP contribution in [0.2, 0.25) is 0 Å². The van der Waals surface area contributed by atoms with Gasteiger partial charge in [0, 0.05) is 30.9 Å². The van der Waals surface area contributed by atoms with Gasteiger partial charge in [0.25, 0.3) is 5.91 Å². The van der Waals surface area contributed by atoms with Gasteiger partial charge in [0.2, 0.25) is 0 Å². The Hall–Kier alpha value is -1.55. The topological polar surface area (TPSA) is 66.6 Å². The molecule has 0 unspecified atom stereocenters. The number of anilines is 1. The van der Waals surface area contributed by atoms with Crippen LogP contribution in [-0.2, 0) is 0 Å². The van der Waals surface area contributed by atoms with E-state index in [4.69, 9.17) is 10.8 Å². The molecule has 0 saturated carbocycles. The van der Waals surface area contributed by atoms with E-state index in [9.17, 15) is 4.79 Å². The van der Waals surface area contributed by atoms with E-state index in [0.29, 0.717) is 17.2 Å². The molecule has 1 fully saturated rings. The molecule has 4 heteroatoms. The molecule has 0 aromatic heterocycles. The van der Waals surface area contributed by atoms with Crippen LogP contribution >= 0.6 is 0 Å². The highest BCUT2D eigenvalue weighted by Gasteiger charge is 2.23. The van der Waals surface area contributed by atoms with Crippen molar-refractivity contribution in [2.75, 3.05) is 25.4 Å². The summed E-state index contributed by atoms with van der Waals surface area (Å²) >= 11 is 0. The fourth-order valence-corrected chi connectivity index (χ4v) is 2.42. The zero-order valence-corrected chi connectivity index (χ0v) is 10.5. The Bertz CT molecular complexity index is 395. The molecule has 3 N–H and O–H groups in total. The number of likely N-dealkylation sites (tertiary alicyclic amines) is 1. The Balaban J connectivity index is 1.93. The number of carbonyl (C=O) groups excluding carboxylic acids is 1. The van der Waals surface area contributed by atoms with Gasteiger partial charge in [-0.15, -0.1) is 0 Å². The second-order valence-corrected chi connectivity index (χ2v) is 4.87. The largest absolute Gasteiger partial charge is 0.399 e. The van der Waals surface area contributed by atoms with E-state index in [1.807, 2.05) is 4.90 Å². The van der Waals surface area contributed by atoms with E-state index in [-0.39, 0.29) is 12.5 Å². The van der Waals surface area contributed by atoms with Crippen LogP contribution in [-0.4, -0.2) is 35.6 Å². The van der Waals surface area contributed by atoms with Crippen LogP contribution < -0.4 is 5.73 Å². The number of hydrogen-bond donors (Lipinski definition) is 2. The molecule has 0 atom stereocenters. The van der Waals surface area contributed by atoms with Crippen LogP contribution in [0.3, 0.4) is 0 Å². The molecule has 1 saturated heterocycles. The van der Waals surface area contributed by atoms with Crippen molar-refractivity contribution in [1.82, 2.24) is 4.90 Å². The second-order valence-electron chi connectivity index (χ2n) is 4.87. The van der Waals surface area contributed by atoms with Crippen LogP contribution in [0, 0.1) is 5.92 Å². The van der Waals surface area contributed by atoms with Gasteiger partial charge in [-0.3, -0.25) is 4.79 Å². The number of amides is 1. The predicted octanol–water partition coefficient (Wildman–Crippen LogP) is 1.50. The monoisotopic (exact) mass is 248 g/mol. The molecule has 4 nitrogen and oxygen atoms in total. The summed E-state index contributed by atoms with van der Waals surface area (Å²) in [5.74, 6) is 0.642. The third kappa shape index (κ3) is 3.01. The summed E-state index contributed by atoms with van der Waals surface area (Å²) in [7, 11) is 0. The summed E-state index contributed by atoms with van der Waals surface area (Å²) in [6.07, 6.45) is 2.83. The minimum atomic E-state index is 0.0810. The van der Waals surface area contributed by atoms with Crippen LogP contribution in [0.5, 0.6) is 0 Å². The lowest BCUT2D eigenvalue weighted by molar-refractivity contribution is 0.0678. The highest BCUT2D eigenvalue weighted by molar-refractivity contribution is 5.94. The van der Waals surface area contributed by atoms with Gasteiger partial charge < -0.3 is 15.7 Å². The molecule has 0 bridgehead atoms. The molecule has 1 aromatic rings. The fourth-order valence-electron chi connectivity index (χ4n) is 2.42. The Morgan fingerprint density at radius 1 is 1.28 bits per heavy atom. The lowest BCUT2D eigenvalue weighted by Crippen LogP contribution is -2.38. The number of nitrogens with zero attached hydrogens (tertiary/aromatic N) is 1. The van der Waals surface area contributed by atoms with Crippen molar-refractivity contribution in [2.24, 2.45) is 5.92 Å². The Kier molecular flexibility index (Phi) is 4.20. The van der Waals surface area contributed by atoms with E-state index in [1.165, 1.54) is 0 Å². The SMILES string of the molecule is Nc1ccc(C(=O)N2CCC(CCO)CC2)cc1. The van der Waals surface area contributed by atoms with Crippen molar-refractivity contribution in [3.8, 4) is 0 Å². The molecule has 1 aliphatic rings. The minimum Gasteiger partial charge on any atom is -0.399 e. The first-order valence-electron chi connectivity index (χ1n) is 6.46. The van der Waals surface area contributed by atoms with Crippen molar-refractivity contribution < 1.29 is 9.90 Å². The number of piperidine rings is 1. The lowest BCUT2D eigenvalue weighted by Gasteiger charge is -2.31. The maximum absolute atomic E-state index is 12.2. The Morgan fingerprint density at radius 3 is 2.44 bits per heavy atom. The molecule has 0 spiro atoms. The van der Waals surface area contributed by atoms with Gasteiger partial charge in [-0.1, -0.05) is 0 Å². The molecule has 0 aliphatic carbocycles. The number of carbonyl (C=O) groups is 1. The summed E-state index contributed by atoms with van der Waals surface area (Å²) in [5, 5.41) is 8.91. The van der Waals surface area contributed by atoms with Crippen LogP contribution in [0.15, 0.2) is 24.3 Å². The molecule has 1 aliphatic heterocycles. The van der Waals surface area contributed by atoms with Crippen LogP contribution in [0.25, 0.3) is 0 Å². The smallest absolute Gasteiger partial charge is 0.253 e. The van der Waals surface area contributed by atoms with Gasteiger partial charge in [0.15, 0.2) is 0 Å². The molecule has 1 amide bonds. The van der Waals surface area contributed by atoms with Crippen molar-refractivity contribution in [3.63, 3.8) is 0 Å². The molecule has 18 heavy (non-hydrogen) atoms. The standard InChI is InChI=1S/C14H20N2O2/c15-13-3-1-12(2-4-13)14(18)16-8-5-11(6-9-16)7-10-17/h1-4,11,17H,5-10,15H2. The quantitative estimate of drug-likeness (QED) is 0.797. The zero-order chi connectivity index (χ0) is 13.0. The number of aliphatic hydroxyl groups excluding tert-OH is 1. The third-order valence-electron chi connectivity index (χ3n) is 3.60. The molecule has 1 aromatic carbocycles. The van der Waals surface area contributed by atoms with E-state index in [0.717, 1.165) is 32.4 Å². The summed E-state index contributed by atoms with van der Waals surface area (Å²) in [4.78, 5) is 14.1. The molecular weight excluding hydrogens is 228 g/mol. The van der Waals surface area contributed by atoms with Gasteiger partial charge in [-0.2, -0.15) is 0 Å². The normalized spacial score (nSPS) is 16.8. The van der Waals surface area contributed by atoms with Gasteiger partial charge >= 0.3 is 0 Å². The maximum Gasteiger partial charge on any atom is 0.253 e. The van der Waals surface area contributed by atoms with Crippen LogP contribution in [0.4, 0.5) is 5.69 Å². The number of benzene rings is 1. The van der Waals surface area contributed by atoms with Crippen molar-refractivity contribution >= 4 is 11.6 Å². The average molecular weight is 248 g/mol. The minimum absolute atomic E-state index is 0.0810. The Morgan fingerprint density at radius 2 is 1.89 bits per heavy atom. The molecule has 98 valence electrons. The lowest BCUT2D eigenvalue weighted by atomic mass is 9.93. The fraction of sp³-hybridized carbons (Fsp3) is 0.500. The number of nitrogens with two attached hydrogens (primary N) is 1. The van der Waals surface area contributed by atoms with E-state index in [2.05, 4.69) is 0 Å². The van der Waals surface area contributed by atoms with E-state index in [1.54, 1.807) is 24.3 Å². The van der Waals surface area contributed by atoms with Gasteiger partial charge in [0.1, 0.15) is 0 Å². The molecule has 0 radical (unpaired) electrons. The number of rotatable bonds is 3. The number of nitrogen functional groups attached to an aromatic ring is 1. The van der Waals surface area contributed by atoms with E-state index < -0.39 is 0 Å². The summed E-state index contributed by atoms with van der Waals surface area (Å²) in [6.45, 7) is 1.82. The summed E-state index contributed by atoms with van der Waals surface area (Å²) in [6, 6.07) is 7.06. The average Bonchev–Trinajstić information content (AvgIpc) is 2.40. The van der Waals surface area contributed by atoms with Crippen LogP contribution in [0.1, 0.15) is 29.6 Å². The number of hydrogen-bond acceptors (Lipinski definition) is 3. The van der Waals surface area contributed by atoms with Gasteiger partial charge in [-0.25, -0.2) is 0 Å². The first kappa shape index (κ1) is 12.9. The third-order valence-corrected chi connectivity index (χ3v) is 3.60. The summed E-state index contributed by atoms with van der Waals surface area (Å²) < 4.78 is 0. The van der Waals surface area contributed by atoms with Crippen molar-refractivity contribution in [1.29, 1.82) is 0 Å². The van der Waals surface area contributed by atoms with Crippen molar-refractivity contribution in [2.45, 2.75) is 19.3 Å². The first-order chi connectivity index (χ1) is 8.70. The zero-order valence-electron chi connectivity index (χ0n) is 10.5.